The lowest BCUT2D eigenvalue weighted by Crippen LogP contribution is -2.45. The highest BCUT2D eigenvalue weighted by atomic mass is 79.9. The van der Waals surface area contributed by atoms with Gasteiger partial charge in [-0.25, -0.2) is 8.42 Å². The van der Waals surface area contributed by atoms with Gasteiger partial charge in [-0.15, -0.1) is 12.4 Å². The van der Waals surface area contributed by atoms with Crippen molar-refractivity contribution in [3.05, 3.63) is 28.2 Å². The topological polar surface area (TPSA) is 106 Å². The Morgan fingerprint density at radius 2 is 2.04 bits per heavy atom. The fraction of sp³-hybridized carbons (Fsp3) is 0.500. The smallest absolute Gasteiger partial charge is 0.248 e. The molecule has 6 nitrogen and oxygen atoms in total. The first-order chi connectivity index (χ1) is 10.2. The van der Waals surface area contributed by atoms with E-state index >= 15 is 0 Å². The van der Waals surface area contributed by atoms with Crippen LogP contribution < -0.4 is 11.5 Å². The molecule has 0 aromatic heterocycles. The minimum Gasteiger partial charge on any atom is -0.366 e. The fourth-order valence-corrected chi connectivity index (χ4v) is 4.88. The Morgan fingerprint density at radius 1 is 1.39 bits per heavy atom. The second-order valence-corrected chi connectivity index (χ2v) is 8.52. The Balaban J connectivity index is 0.00000264. The fourth-order valence-electron chi connectivity index (χ4n) is 2.62. The summed E-state index contributed by atoms with van der Waals surface area (Å²) in [6.45, 7) is 2.76. The first-order valence-corrected chi connectivity index (χ1v) is 9.31. The molecule has 1 aromatic rings. The maximum absolute atomic E-state index is 12.8. The molecule has 1 amide bonds. The highest BCUT2D eigenvalue weighted by Crippen LogP contribution is 2.27. The number of amides is 1. The van der Waals surface area contributed by atoms with Gasteiger partial charge in [0.1, 0.15) is 0 Å². The molecule has 1 heterocycles. The summed E-state index contributed by atoms with van der Waals surface area (Å²) in [6.07, 6.45) is 1.71. The van der Waals surface area contributed by atoms with Crippen LogP contribution in [0.25, 0.3) is 0 Å². The lowest BCUT2D eigenvalue weighted by molar-refractivity contribution is 0.1000. The third kappa shape index (κ3) is 4.67. The largest absolute Gasteiger partial charge is 0.366 e. The molecule has 9 heteroatoms. The molecule has 2 atom stereocenters. The average molecular weight is 427 g/mol. The van der Waals surface area contributed by atoms with E-state index in [0.29, 0.717) is 17.6 Å². The van der Waals surface area contributed by atoms with Gasteiger partial charge in [-0.2, -0.15) is 4.31 Å². The van der Waals surface area contributed by atoms with Gasteiger partial charge in [-0.05, 0) is 43.9 Å². The van der Waals surface area contributed by atoms with Gasteiger partial charge >= 0.3 is 0 Å². The minimum absolute atomic E-state index is 0. The van der Waals surface area contributed by atoms with E-state index < -0.39 is 15.9 Å². The van der Waals surface area contributed by atoms with Crippen molar-refractivity contribution < 1.29 is 13.2 Å². The van der Waals surface area contributed by atoms with Gasteiger partial charge < -0.3 is 11.5 Å². The van der Waals surface area contributed by atoms with Gasteiger partial charge in [-0.3, -0.25) is 4.79 Å². The number of carbonyl (C=O) groups is 1. The van der Waals surface area contributed by atoms with Gasteiger partial charge in [0, 0.05) is 29.2 Å². The summed E-state index contributed by atoms with van der Waals surface area (Å²) < 4.78 is 27.5. The molecule has 1 fully saturated rings. The van der Waals surface area contributed by atoms with E-state index in [-0.39, 0.29) is 34.8 Å². The molecule has 0 spiro atoms. The summed E-state index contributed by atoms with van der Waals surface area (Å²) in [4.78, 5) is 11.4. The number of benzene rings is 1. The molecule has 1 aliphatic heterocycles. The Kier molecular flexibility index (Phi) is 7.03. The number of sulfonamides is 1. The van der Waals surface area contributed by atoms with Crippen LogP contribution in [0.15, 0.2) is 27.6 Å². The Labute approximate surface area is 151 Å². The zero-order chi connectivity index (χ0) is 16.5. The molecule has 1 aliphatic rings. The van der Waals surface area contributed by atoms with Crippen molar-refractivity contribution in [1.82, 2.24) is 4.31 Å². The molecule has 0 saturated carbocycles. The number of hydrogen-bond donors (Lipinski definition) is 2. The van der Waals surface area contributed by atoms with Crippen molar-refractivity contribution in [2.45, 2.75) is 30.7 Å². The maximum atomic E-state index is 12.8. The molecule has 0 bridgehead atoms. The van der Waals surface area contributed by atoms with Gasteiger partial charge in [0.15, 0.2) is 0 Å². The molecule has 4 N–H and O–H groups in total. The summed E-state index contributed by atoms with van der Waals surface area (Å²) in [7, 11) is -3.67. The molecule has 23 heavy (non-hydrogen) atoms. The number of carbonyl (C=O) groups excluding carboxylic acids is 1. The molecule has 0 radical (unpaired) electrons. The lowest BCUT2D eigenvalue weighted by Gasteiger charge is -2.33. The molecule has 1 saturated heterocycles. The molecule has 2 rings (SSSR count). The minimum atomic E-state index is -3.67. The summed E-state index contributed by atoms with van der Waals surface area (Å²) in [6, 6.07) is 4.25. The van der Waals surface area contributed by atoms with Crippen molar-refractivity contribution in [3.8, 4) is 0 Å². The zero-order valence-corrected chi connectivity index (χ0v) is 16.0. The van der Waals surface area contributed by atoms with Crippen LogP contribution >= 0.6 is 28.3 Å². The van der Waals surface area contributed by atoms with Crippen molar-refractivity contribution >= 4 is 44.3 Å². The first-order valence-electron chi connectivity index (χ1n) is 7.08. The number of halogens is 2. The monoisotopic (exact) mass is 425 g/mol. The normalized spacial score (nSPS) is 20.6. The molecule has 1 aromatic carbocycles. The highest BCUT2D eigenvalue weighted by molar-refractivity contribution is 9.10. The van der Waals surface area contributed by atoms with E-state index in [0.717, 1.165) is 12.8 Å². The van der Waals surface area contributed by atoms with Crippen LogP contribution in [-0.2, 0) is 10.0 Å². The SMILES string of the molecule is CC(N)C1CCCN(S(=O)(=O)c2cc(Br)cc(C(N)=O)c2)C1.Cl. The molecule has 130 valence electrons. The number of rotatable bonds is 4. The van der Waals surface area contributed by atoms with Crippen molar-refractivity contribution in [3.63, 3.8) is 0 Å². The van der Waals surface area contributed by atoms with Crippen LogP contribution in [0.3, 0.4) is 0 Å². The molecular formula is C14H21BrClN3O3S. The zero-order valence-electron chi connectivity index (χ0n) is 12.7. The van der Waals surface area contributed by atoms with E-state index in [1.54, 1.807) is 0 Å². The van der Waals surface area contributed by atoms with E-state index in [9.17, 15) is 13.2 Å². The number of nitrogens with zero attached hydrogens (tertiary/aromatic N) is 1. The van der Waals surface area contributed by atoms with E-state index in [4.69, 9.17) is 11.5 Å². The predicted octanol–water partition coefficient (Wildman–Crippen LogP) is 1.72. The van der Waals surface area contributed by atoms with Crippen LogP contribution in [0.2, 0.25) is 0 Å². The quantitative estimate of drug-likeness (QED) is 0.764. The van der Waals surface area contributed by atoms with Crippen LogP contribution in [0, 0.1) is 5.92 Å². The number of piperidine rings is 1. The summed E-state index contributed by atoms with van der Waals surface area (Å²) in [5.41, 5.74) is 11.3. The molecule has 2 unspecified atom stereocenters. The highest BCUT2D eigenvalue weighted by Gasteiger charge is 2.32. The Hall–Kier alpha value is -0.670. The third-order valence-electron chi connectivity index (χ3n) is 3.96. The summed E-state index contributed by atoms with van der Waals surface area (Å²) in [5, 5.41) is 0. The van der Waals surface area contributed by atoms with Gasteiger partial charge in [-0.1, -0.05) is 15.9 Å². The Bertz CT molecular complexity index is 682. The summed E-state index contributed by atoms with van der Waals surface area (Å²) >= 11 is 3.22. The van der Waals surface area contributed by atoms with Gasteiger partial charge in [0.05, 0.1) is 4.90 Å². The van der Waals surface area contributed by atoms with E-state index in [1.165, 1.54) is 22.5 Å². The van der Waals surface area contributed by atoms with Gasteiger partial charge in [0.2, 0.25) is 15.9 Å². The molecule has 0 aliphatic carbocycles. The standard InChI is InChI=1S/C14H20BrN3O3S.ClH/c1-9(16)10-3-2-4-18(8-10)22(20,21)13-6-11(14(17)19)5-12(15)7-13;/h5-7,9-10H,2-4,8,16H2,1H3,(H2,17,19);1H. The van der Waals surface area contributed by atoms with E-state index in [2.05, 4.69) is 15.9 Å². The van der Waals surface area contributed by atoms with Crippen LogP contribution in [0.1, 0.15) is 30.1 Å². The first kappa shape index (κ1) is 20.4. The van der Waals surface area contributed by atoms with Gasteiger partial charge in [0.25, 0.3) is 0 Å². The summed E-state index contributed by atoms with van der Waals surface area (Å²) in [5.74, 6) is -0.517. The lowest BCUT2D eigenvalue weighted by atomic mass is 9.93. The van der Waals surface area contributed by atoms with Crippen molar-refractivity contribution in [2.24, 2.45) is 17.4 Å². The predicted molar refractivity (Wildman–Crippen MR) is 95.0 cm³/mol. The number of primary amides is 1. The number of hydrogen-bond acceptors (Lipinski definition) is 4. The maximum Gasteiger partial charge on any atom is 0.248 e. The second kappa shape index (κ2) is 7.94. The Morgan fingerprint density at radius 3 is 2.61 bits per heavy atom. The molecular weight excluding hydrogens is 406 g/mol. The average Bonchev–Trinajstić information content (AvgIpc) is 2.46. The van der Waals surface area contributed by atoms with Crippen LogP contribution in [0.5, 0.6) is 0 Å². The third-order valence-corrected chi connectivity index (χ3v) is 6.26. The second-order valence-electron chi connectivity index (χ2n) is 5.66. The van der Waals surface area contributed by atoms with Crippen LogP contribution in [0.4, 0.5) is 0 Å². The van der Waals surface area contributed by atoms with Crippen molar-refractivity contribution in [1.29, 1.82) is 0 Å². The van der Waals surface area contributed by atoms with E-state index in [1.807, 2.05) is 6.92 Å². The number of nitrogens with two attached hydrogens (primary N) is 2. The van der Waals surface area contributed by atoms with Crippen LogP contribution in [-0.4, -0.2) is 37.8 Å². The van der Waals surface area contributed by atoms with Crippen molar-refractivity contribution in [2.75, 3.05) is 13.1 Å².